The molecular formula is C11H21F3N2O. The number of likely N-dealkylation sites (tertiary alicyclic amines) is 1. The Labute approximate surface area is 100.0 Å². The topological polar surface area (TPSA) is 35.5 Å². The molecule has 1 heterocycles. The lowest BCUT2D eigenvalue weighted by Crippen LogP contribution is -2.42. The molecule has 0 saturated carbocycles. The highest BCUT2D eigenvalue weighted by Crippen LogP contribution is 2.20. The molecule has 0 bridgehead atoms. The number of alkyl halides is 3. The molecule has 6 heteroatoms. The van der Waals surface area contributed by atoms with Gasteiger partial charge in [0.15, 0.2) is 6.10 Å². The summed E-state index contributed by atoms with van der Waals surface area (Å²) in [7, 11) is 0. The molecule has 1 aliphatic rings. The molecule has 3 nitrogen and oxygen atoms in total. The first-order valence-electron chi connectivity index (χ1n) is 6.14. The van der Waals surface area contributed by atoms with Crippen LogP contribution in [0, 0.1) is 0 Å². The van der Waals surface area contributed by atoms with Gasteiger partial charge in [-0.25, -0.2) is 0 Å². The Morgan fingerprint density at radius 1 is 1.35 bits per heavy atom. The minimum Gasteiger partial charge on any atom is -0.382 e. The van der Waals surface area contributed by atoms with E-state index in [4.69, 9.17) is 5.11 Å². The number of hydrogen-bond acceptors (Lipinski definition) is 3. The van der Waals surface area contributed by atoms with Gasteiger partial charge in [-0.3, -0.25) is 0 Å². The van der Waals surface area contributed by atoms with Crippen molar-refractivity contribution >= 4 is 0 Å². The molecule has 0 amide bonds. The van der Waals surface area contributed by atoms with Crippen molar-refractivity contribution in [2.75, 3.05) is 26.2 Å². The number of halogens is 3. The summed E-state index contributed by atoms with van der Waals surface area (Å²) >= 11 is 0. The van der Waals surface area contributed by atoms with Gasteiger partial charge in [0.2, 0.25) is 0 Å². The van der Waals surface area contributed by atoms with Crippen LogP contribution in [0.25, 0.3) is 0 Å². The molecule has 0 spiro atoms. The minimum atomic E-state index is -4.52. The molecule has 2 N–H and O–H groups in total. The van der Waals surface area contributed by atoms with E-state index < -0.39 is 18.8 Å². The number of rotatable bonds is 4. The average Bonchev–Trinajstić information content (AvgIpc) is 2.49. The van der Waals surface area contributed by atoms with Gasteiger partial charge in [0, 0.05) is 12.6 Å². The lowest BCUT2D eigenvalue weighted by atomic mass is 10.1. The number of aliphatic hydroxyl groups excluding tert-OH is 1. The second-order valence-corrected chi connectivity index (χ2v) is 4.53. The van der Waals surface area contributed by atoms with Gasteiger partial charge < -0.3 is 15.3 Å². The van der Waals surface area contributed by atoms with Crippen molar-refractivity contribution in [1.29, 1.82) is 0 Å². The van der Waals surface area contributed by atoms with E-state index in [9.17, 15) is 13.2 Å². The highest BCUT2D eigenvalue weighted by Gasteiger charge is 2.38. The van der Waals surface area contributed by atoms with E-state index >= 15 is 0 Å². The summed E-state index contributed by atoms with van der Waals surface area (Å²) in [5.74, 6) is 0. The second-order valence-electron chi connectivity index (χ2n) is 4.53. The summed E-state index contributed by atoms with van der Waals surface area (Å²) in [5.41, 5.74) is 0. The summed E-state index contributed by atoms with van der Waals surface area (Å²) < 4.78 is 36.3. The second kappa shape index (κ2) is 6.56. The van der Waals surface area contributed by atoms with Crippen molar-refractivity contribution < 1.29 is 18.3 Å². The molecule has 0 aliphatic carbocycles. The Morgan fingerprint density at radius 2 is 2.06 bits per heavy atom. The van der Waals surface area contributed by atoms with Gasteiger partial charge in [-0.2, -0.15) is 13.2 Å². The fourth-order valence-corrected chi connectivity index (χ4v) is 2.07. The maximum absolute atomic E-state index is 12.1. The number of aliphatic hydroxyl groups is 1. The summed E-state index contributed by atoms with van der Waals surface area (Å²) in [4.78, 5) is 2.29. The van der Waals surface area contributed by atoms with Crippen LogP contribution in [-0.2, 0) is 0 Å². The van der Waals surface area contributed by atoms with Gasteiger partial charge in [0.05, 0.1) is 0 Å². The largest absolute Gasteiger partial charge is 0.415 e. The lowest BCUT2D eigenvalue weighted by Gasteiger charge is -2.21. The Morgan fingerprint density at radius 3 is 2.65 bits per heavy atom. The van der Waals surface area contributed by atoms with Gasteiger partial charge in [-0.1, -0.05) is 6.92 Å². The third-order valence-corrected chi connectivity index (χ3v) is 3.25. The highest BCUT2D eigenvalue weighted by molar-refractivity contribution is 4.77. The van der Waals surface area contributed by atoms with Gasteiger partial charge in [-0.05, 0) is 38.9 Å². The normalized spacial score (nSPS) is 25.6. The van der Waals surface area contributed by atoms with Crippen molar-refractivity contribution in [1.82, 2.24) is 10.2 Å². The third kappa shape index (κ3) is 5.23. The number of nitrogens with zero attached hydrogens (tertiary/aromatic N) is 1. The fourth-order valence-electron chi connectivity index (χ4n) is 2.07. The summed E-state index contributed by atoms with van der Waals surface area (Å²) in [6, 6.07) is 0.0866. The van der Waals surface area contributed by atoms with Crippen molar-refractivity contribution in [2.45, 2.75) is 44.5 Å². The molecule has 1 saturated heterocycles. The summed E-state index contributed by atoms with van der Waals surface area (Å²) in [6.45, 7) is 4.59. The quantitative estimate of drug-likeness (QED) is 0.795. The Balaban J connectivity index is 2.28. The molecule has 0 aromatic heterocycles. The van der Waals surface area contributed by atoms with Crippen molar-refractivity contribution in [2.24, 2.45) is 0 Å². The maximum atomic E-state index is 12.1. The SMILES string of the molecule is CCN1CCCC(NCC(O)C(F)(F)F)CC1. The Bertz CT molecular complexity index is 223. The molecule has 2 atom stereocenters. The minimum absolute atomic E-state index is 0.0866. The van der Waals surface area contributed by atoms with Crippen LogP contribution < -0.4 is 5.32 Å². The third-order valence-electron chi connectivity index (χ3n) is 3.25. The number of hydrogen-bond donors (Lipinski definition) is 2. The Hall–Kier alpha value is -0.330. The zero-order valence-electron chi connectivity index (χ0n) is 10.1. The van der Waals surface area contributed by atoms with E-state index in [1.807, 2.05) is 0 Å². The molecule has 102 valence electrons. The first-order valence-corrected chi connectivity index (χ1v) is 6.14. The number of nitrogens with one attached hydrogen (secondary N) is 1. The van der Waals surface area contributed by atoms with Crippen LogP contribution in [0.4, 0.5) is 13.2 Å². The van der Waals surface area contributed by atoms with Crippen LogP contribution in [0.3, 0.4) is 0 Å². The molecular weight excluding hydrogens is 233 g/mol. The smallest absolute Gasteiger partial charge is 0.382 e. The van der Waals surface area contributed by atoms with Crippen LogP contribution in [0.5, 0.6) is 0 Å². The van der Waals surface area contributed by atoms with E-state index in [1.165, 1.54) is 0 Å². The van der Waals surface area contributed by atoms with Crippen LogP contribution in [-0.4, -0.2) is 54.5 Å². The van der Waals surface area contributed by atoms with Gasteiger partial charge >= 0.3 is 6.18 Å². The Kier molecular flexibility index (Phi) is 5.69. The maximum Gasteiger partial charge on any atom is 0.415 e. The predicted molar refractivity (Wildman–Crippen MR) is 59.8 cm³/mol. The molecule has 2 unspecified atom stereocenters. The zero-order valence-corrected chi connectivity index (χ0v) is 10.1. The van der Waals surface area contributed by atoms with Gasteiger partial charge in [0.1, 0.15) is 0 Å². The van der Waals surface area contributed by atoms with Crippen molar-refractivity contribution in [3.05, 3.63) is 0 Å². The summed E-state index contributed by atoms with van der Waals surface area (Å²) in [5, 5.41) is 11.7. The van der Waals surface area contributed by atoms with E-state index in [2.05, 4.69) is 17.1 Å². The highest BCUT2D eigenvalue weighted by atomic mass is 19.4. The molecule has 0 aromatic rings. The molecule has 1 fully saturated rings. The van der Waals surface area contributed by atoms with Gasteiger partial charge in [-0.15, -0.1) is 0 Å². The monoisotopic (exact) mass is 254 g/mol. The van der Waals surface area contributed by atoms with E-state index in [0.717, 1.165) is 38.9 Å². The zero-order chi connectivity index (χ0) is 12.9. The predicted octanol–water partition coefficient (Wildman–Crippen LogP) is 1.37. The van der Waals surface area contributed by atoms with E-state index in [0.29, 0.717) is 0 Å². The first-order chi connectivity index (χ1) is 7.93. The summed E-state index contributed by atoms with van der Waals surface area (Å²) in [6.07, 6.45) is -4.06. The standard InChI is InChI=1S/C11H21F3N2O/c1-2-16-6-3-4-9(5-7-16)15-8-10(17)11(12,13)14/h9-10,15,17H,2-8H2,1H3. The average molecular weight is 254 g/mol. The van der Waals surface area contributed by atoms with Crippen LogP contribution in [0.1, 0.15) is 26.2 Å². The van der Waals surface area contributed by atoms with Crippen molar-refractivity contribution in [3.63, 3.8) is 0 Å². The molecule has 0 aromatic carbocycles. The molecule has 1 rings (SSSR count). The van der Waals surface area contributed by atoms with Crippen LogP contribution in [0.2, 0.25) is 0 Å². The van der Waals surface area contributed by atoms with E-state index in [1.54, 1.807) is 0 Å². The van der Waals surface area contributed by atoms with Crippen LogP contribution >= 0.6 is 0 Å². The fraction of sp³-hybridized carbons (Fsp3) is 1.00. The lowest BCUT2D eigenvalue weighted by molar-refractivity contribution is -0.202. The van der Waals surface area contributed by atoms with Crippen molar-refractivity contribution in [3.8, 4) is 0 Å². The van der Waals surface area contributed by atoms with Gasteiger partial charge in [0.25, 0.3) is 0 Å². The molecule has 1 aliphatic heterocycles. The molecule has 17 heavy (non-hydrogen) atoms. The first kappa shape index (κ1) is 14.7. The van der Waals surface area contributed by atoms with Crippen LogP contribution in [0.15, 0.2) is 0 Å². The molecule has 0 radical (unpaired) electrons. The van der Waals surface area contributed by atoms with E-state index in [-0.39, 0.29) is 6.04 Å².